The van der Waals surface area contributed by atoms with Gasteiger partial charge in [-0.2, -0.15) is 0 Å². The van der Waals surface area contributed by atoms with Crippen molar-refractivity contribution in [3.05, 3.63) is 77.9 Å². The minimum absolute atomic E-state index is 0.0686. The Labute approximate surface area is 190 Å². The summed E-state index contributed by atoms with van der Waals surface area (Å²) >= 11 is 0. The largest absolute Gasteiger partial charge is 0.494 e. The molecule has 1 aliphatic rings. The summed E-state index contributed by atoms with van der Waals surface area (Å²) in [6, 6.07) is 14.2. The van der Waals surface area contributed by atoms with Crippen LogP contribution in [0.1, 0.15) is 42.9 Å². The van der Waals surface area contributed by atoms with Gasteiger partial charge in [0, 0.05) is 36.7 Å². The van der Waals surface area contributed by atoms with Crippen LogP contribution in [-0.4, -0.2) is 33.6 Å². The first kappa shape index (κ1) is 21.9. The second-order valence-electron chi connectivity index (χ2n) is 8.20. The summed E-state index contributed by atoms with van der Waals surface area (Å²) in [7, 11) is 0. The number of fused-ring (bicyclic) bond motifs is 1. The number of hydrogen-bond acceptors (Lipinski definition) is 3. The second kappa shape index (κ2) is 10.8. The van der Waals surface area contributed by atoms with E-state index in [0.717, 1.165) is 42.8 Å². The van der Waals surface area contributed by atoms with Gasteiger partial charge >= 0.3 is 6.03 Å². The Morgan fingerprint density at radius 3 is 2.88 bits per heavy atom. The third-order valence-corrected chi connectivity index (χ3v) is 5.96. The van der Waals surface area contributed by atoms with Gasteiger partial charge in [-0.1, -0.05) is 30.3 Å². The van der Waals surface area contributed by atoms with Gasteiger partial charge in [-0.25, -0.2) is 9.78 Å². The van der Waals surface area contributed by atoms with E-state index < -0.39 is 0 Å². The van der Waals surface area contributed by atoms with Gasteiger partial charge < -0.3 is 19.5 Å². The Balaban J connectivity index is 1.51. The number of hydrogen-bond donors (Lipinski definition) is 1. The van der Waals surface area contributed by atoms with Crippen LogP contribution in [0.5, 0.6) is 5.75 Å². The molecule has 3 aromatic rings. The lowest BCUT2D eigenvalue weighted by atomic mass is 9.90. The van der Waals surface area contributed by atoms with Gasteiger partial charge in [0.25, 0.3) is 0 Å². The highest BCUT2D eigenvalue weighted by Gasteiger charge is 2.19. The zero-order chi connectivity index (χ0) is 22.2. The van der Waals surface area contributed by atoms with Crippen LogP contribution in [0.4, 0.5) is 10.5 Å². The summed E-state index contributed by atoms with van der Waals surface area (Å²) in [5.74, 6) is 0.833. The highest BCUT2D eigenvalue weighted by molar-refractivity contribution is 5.90. The standard InChI is InChI=1S/C26H32N4O2/c1-2-32-25-14-6-4-10-22(25)19-30(17-8-16-29-18-15-27-20-29)26(31)28-24-13-7-11-21-9-3-5-12-23(21)24/h4,6-7,10-11,13-15,18,20H,2-3,5,8-9,12,16-17,19H2,1H3,(H,28,31). The van der Waals surface area contributed by atoms with E-state index in [-0.39, 0.29) is 6.03 Å². The molecular formula is C26H32N4O2. The quantitative estimate of drug-likeness (QED) is 0.500. The molecule has 2 amide bonds. The molecule has 32 heavy (non-hydrogen) atoms. The molecule has 0 fully saturated rings. The molecule has 0 aliphatic heterocycles. The average Bonchev–Trinajstić information content (AvgIpc) is 3.33. The molecule has 6 nitrogen and oxygen atoms in total. The number of benzene rings is 2. The summed E-state index contributed by atoms with van der Waals surface area (Å²) in [5.41, 5.74) is 4.62. The molecule has 1 N–H and O–H groups in total. The highest BCUT2D eigenvalue weighted by Crippen LogP contribution is 2.28. The minimum atomic E-state index is -0.0686. The zero-order valence-electron chi connectivity index (χ0n) is 18.8. The first-order valence-electron chi connectivity index (χ1n) is 11.6. The van der Waals surface area contributed by atoms with E-state index in [1.807, 2.05) is 65.3 Å². The first-order valence-corrected chi connectivity index (χ1v) is 11.6. The lowest BCUT2D eigenvalue weighted by Crippen LogP contribution is -2.36. The molecule has 1 aliphatic carbocycles. The summed E-state index contributed by atoms with van der Waals surface area (Å²) < 4.78 is 7.84. The molecule has 1 heterocycles. The number of rotatable bonds is 9. The number of carbonyl (C=O) groups is 1. The molecule has 0 spiro atoms. The van der Waals surface area contributed by atoms with Gasteiger partial charge in [0.05, 0.1) is 19.5 Å². The number of nitrogens with one attached hydrogen (secondary N) is 1. The van der Waals surface area contributed by atoms with Crippen LogP contribution in [0.15, 0.2) is 61.2 Å². The molecule has 2 aromatic carbocycles. The van der Waals surface area contributed by atoms with E-state index in [2.05, 4.69) is 16.4 Å². The van der Waals surface area contributed by atoms with E-state index in [9.17, 15) is 4.79 Å². The van der Waals surface area contributed by atoms with Crippen molar-refractivity contribution >= 4 is 11.7 Å². The Bertz CT molecular complexity index is 1020. The Morgan fingerprint density at radius 1 is 1.16 bits per heavy atom. The van der Waals surface area contributed by atoms with Crippen LogP contribution in [-0.2, 0) is 25.9 Å². The Hall–Kier alpha value is -3.28. The number of urea groups is 1. The van der Waals surface area contributed by atoms with Crippen LogP contribution in [0.3, 0.4) is 0 Å². The fourth-order valence-electron chi connectivity index (χ4n) is 4.34. The molecule has 168 valence electrons. The molecule has 1 aromatic heterocycles. The van der Waals surface area contributed by atoms with Crippen molar-refractivity contribution in [2.45, 2.75) is 52.1 Å². The van der Waals surface area contributed by atoms with Crippen LogP contribution in [0.25, 0.3) is 0 Å². The van der Waals surface area contributed by atoms with Crippen molar-refractivity contribution in [1.29, 1.82) is 0 Å². The highest BCUT2D eigenvalue weighted by atomic mass is 16.5. The predicted molar refractivity (Wildman–Crippen MR) is 127 cm³/mol. The smallest absolute Gasteiger partial charge is 0.322 e. The van der Waals surface area contributed by atoms with Crippen LogP contribution < -0.4 is 10.1 Å². The van der Waals surface area contributed by atoms with Gasteiger partial charge in [-0.3, -0.25) is 0 Å². The second-order valence-corrected chi connectivity index (χ2v) is 8.20. The first-order chi connectivity index (χ1) is 15.7. The van der Waals surface area contributed by atoms with Gasteiger partial charge in [0.15, 0.2) is 0 Å². The lowest BCUT2D eigenvalue weighted by molar-refractivity contribution is 0.206. The van der Waals surface area contributed by atoms with Crippen LogP contribution in [0, 0.1) is 0 Å². The van der Waals surface area contributed by atoms with E-state index in [4.69, 9.17) is 4.74 Å². The lowest BCUT2D eigenvalue weighted by Gasteiger charge is -2.26. The summed E-state index contributed by atoms with van der Waals surface area (Å²) in [6.07, 6.45) is 10.9. The number of para-hydroxylation sites is 1. The van der Waals surface area contributed by atoms with Crippen molar-refractivity contribution in [2.75, 3.05) is 18.5 Å². The molecule has 6 heteroatoms. The van der Waals surface area contributed by atoms with Crippen molar-refractivity contribution < 1.29 is 9.53 Å². The van der Waals surface area contributed by atoms with E-state index >= 15 is 0 Å². The molecule has 0 unspecified atom stereocenters. The van der Waals surface area contributed by atoms with Crippen molar-refractivity contribution in [1.82, 2.24) is 14.5 Å². The van der Waals surface area contributed by atoms with Crippen LogP contribution >= 0.6 is 0 Å². The molecule has 0 bridgehead atoms. The third kappa shape index (κ3) is 5.49. The number of aromatic nitrogens is 2. The SMILES string of the molecule is CCOc1ccccc1CN(CCCn1ccnc1)C(=O)Nc1cccc2c1CCCC2. The number of imidazole rings is 1. The van der Waals surface area contributed by atoms with Crippen molar-refractivity contribution in [3.8, 4) is 5.75 Å². The van der Waals surface area contributed by atoms with E-state index in [1.165, 1.54) is 24.0 Å². The number of ether oxygens (including phenoxy) is 1. The third-order valence-electron chi connectivity index (χ3n) is 5.96. The fourth-order valence-corrected chi connectivity index (χ4v) is 4.34. The number of aryl methyl sites for hydroxylation is 2. The van der Waals surface area contributed by atoms with E-state index in [0.29, 0.717) is 19.7 Å². The number of amides is 2. The van der Waals surface area contributed by atoms with Crippen molar-refractivity contribution in [2.24, 2.45) is 0 Å². The fraction of sp³-hybridized carbons (Fsp3) is 0.385. The van der Waals surface area contributed by atoms with E-state index in [1.54, 1.807) is 6.20 Å². The number of nitrogens with zero attached hydrogens (tertiary/aromatic N) is 3. The monoisotopic (exact) mass is 432 g/mol. The summed E-state index contributed by atoms with van der Waals surface area (Å²) in [6.45, 7) is 4.53. The molecule has 4 rings (SSSR count). The summed E-state index contributed by atoms with van der Waals surface area (Å²) in [4.78, 5) is 19.4. The van der Waals surface area contributed by atoms with Crippen LogP contribution in [0.2, 0.25) is 0 Å². The van der Waals surface area contributed by atoms with Gasteiger partial charge in [0.1, 0.15) is 5.75 Å². The maximum Gasteiger partial charge on any atom is 0.322 e. The number of anilines is 1. The molecule has 0 radical (unpaired) electrons. The zero-order valence-corrected chi connectivity index (χ0v) is 18.8. The Morgan fingerprint density at radius 2 is 2.03 bits per heavy atom. The molecule has 0 atom stereocenters. The average molecular weight is 433 g/mol. The maximum atomic E-state index is 13.4. The molecular weight excluding hydrogens is 400 g/mol. The predicted octanol–water partition coefficient (Wildman–Crippen LogP) is 5.29. The van der Waals surface area contributed by atoms with Gasteiger partial charge in [-0.15, -0.1) is 0 Å². The summed E-state index contributed by atoms with van der Waals surface area (Å²) in [5, 5.41) is 3.21. The molecule has 0 saturated carbocycles. The minimum Gasteiger partial charge on any atom is -0.494 e. The van der Waals surface area contributed by atoms with Crippen molar-refractivity contribution in [3.63, 3.8) is 0 Å². The number of carbonyl (C=O) groups excluding carboxylic acids is 1. The topological polar surface area (TPSA) is 59.4 Å². The Kier molecular flexibility index (Phi) is 7.43. The maximum absolute atomic E-state index is 13.4. The normalized spacial score (nSPS) is 12.8. The molecule has 0 saturated heterocycles. The van der Waals surface area contributed by atoms with Gasteiger partial charge in [-0.05, 0) is 62.3 Å². The van der Waals surface area contributed by atoms with Gasteiger partial charge in [0.2, 0.25) is 0 Å².